The van der Waals surface area contributed by atoms with Crippen LogP contribution in [0.15, 0.2) is 12.4 Å². The van der Waals surface area contributed by atoms with Crippen molar-refractivity contribution in [1.29, 1.82) is 0 Å². The molecule has 7 heteroatoms. The summed E-state index contributed by atoms with van der Waals surface area (Å²) in [7, 11) is 0. The molecule has 108 valence electrons. The van der Waals surface area contributed by atoms with Crippen molar-refractivity contribution < 1.29 is 4.79 Å². The molecule has 0 fully saturated rings. The van der Waals surface area contributed by atoms with Gasteiger partial charge in [-0.25, -0.2) is 0 Å². The molecule has 0 atom stereocenters. The van der Waals surface area contributed by atoms with Crippen molar-refractivity contribution in [2.75, 3.05) is 5.73 Å². The van der Waals surface area contributed by atoms with Gasteiger partial charge in [0.15, 0.2) is 0 Å². The molecule has 1 amide bonds. The highest BCUT2D eigenvalue weighted by Gasteiger charge is 2.16. The van der Waals surface area contributed by atoms with Gasteiger partial charge in [0.2, 0.25) is 0 Å². The van der Waals surface area contributed by atoms with Gasteiger partial charge in [-0.1, -0.05) is 0 Å². The van der Waals surface area contributed by atoms with E-state index in [1.807, 2.05) is 31.6 Å². The molecule has 0 saturated heterocycles. The fourth-order valence-electron chi connectivity index (χ4n) is 2.04. The number of carbonyl (C=O) groups excluding carboxylic acids is 1. The molecule has 0 bridgehead atoms. The lowest BCUT2D eigenvalue weighted by Crippen LogP contribution is -2.26. The van der Waals surface area contributed by atoms with Gasteiger partial charge in [-0.05, 0) is 20.8 Å². The monoisotopic (exact) mass is 276 g/mol. The molecular formula is C13H20N6O. The van der Waals surface area contributed by atoms with Gasteiger partial charge in [-0.2, -0.15) is 10.2 Å². The van der Waals surface area contributed by atoms with Crippen molar-refractivity contribution >= 4 is 11.6 Å². The van der Waals surface area contributed by atoms with Crippen molar-refractivity contribution in [1.82, 2.24) is 24.9 Å². The van der Waals surface area contributed by atoms with Gasteiger partial charge in [-0.15, -0.1) is 0 Å². The Kier molecular flexibility index (Phi) is 4.07. The maximum atomic E-state index is 12.2. The number of carbonyl (C=O) groups is 1. The molecule has 0 spiro atoms. The summed E-state index contributed by atoms with van der Waals surface area (Å²) in [6.45, 7) is 7.71. The summed E-state index contributed by atoms with van der Waals surface area (Å²) in [4.78, 5) is 12.2. The lowest BCUT2D eigenvalue weighted by atomic mass is 10.2. The predicted molar refractivity (Wildman–Crippen MR) is 76.1 cm³/mol. The second-order valence-corrected chi connectivity index (χ2v) is 4.54. The second kappa shape index (κ2) is 5.77. The minimum absolute atomic E-state index is 0.217. The lowest BCUT2D eigenvalue weighted by Gasteiger charge is -2.07. The van der Waals surface area contributed by atoms with E-state index in [1.165, 1.54) is 6.20 Å². The van der Waals surface area contributed by atoms with Gasteiger partial charge in [0, 0.05) is 31.4 Å². The van der Waals surface area contributed by atoms with Crippen molar-refractivity contribution in [2.24, 2.45) is 0 Å². The molecule has 2 heterocycles. The third-order valence-corrected chi connectivity index (χ3v) is 3.19. The summed E-state index contributed by atoms with van der Waals surface area (Å²) in [5.74, 6) is -0.217. The van der Waals surface area contributed by atoms with Gasteiger partial charge in [0.05, 0.1) is 17.6 Å². The first-order chi connectivity index (χ1) is 9.56. The van der Waals surface area contributed by atoms with Gasteiger partial charge < -0.3 is 11.1 Å². The molecule has 0 radical (unpaired) electrons. The number of aromatic nitrogens is 4. The molecule has 20 heavy (non-hydrogen) atoms. The van der Waals surface area contributed by atoms with Crippen LogP contribution in [0.2, 0.25) is 0 Å². The van der Waals surface area contributed by atoms with Crippen molar-refractivity contribution in [2.45, 2.75) is 40.4 Å². The first-order valence-electron chi connectivity index (χ1n) is 6.69. The zero-order chi connectivity index (χ0) is 14.7. The normalized spacial score (nSPS) is 10.8. The largest absolute Gasteiger partial charge is 0.396 e. The molecule has 2 aromatic rings. The number of nitrogens with two attached hydrogens (primary N) is 1. The fraction of sp³-hybridized carbons (Fsp3) is 0.462. The number of aryl methyl sites for hydroxylation is 3. The molecule has 3 N–H and O–H groups in total. The van der Waals surface area contributed by atoms with Crippen molar-refractivity contribution in [3.05, 3.63) is 29.3 Å². The fourth-order valence-corrected chi connectivity index (χ4v) is 2.04. The molecule has 0 unspecified atom stereocenters. The van der Waals surface area contributed by atoms with E-state index < -0.39 is 0 Å². The Labute approximate surface area is 117 Å². The topological polar surface area (TPSA) is 90.8 Å². The average Bonchev–Trinajstić information content (AvgIpc) is 2.99. The number of rotatable bonds is 5. The van der Waals surface area contributed by atoms with E-state index in [0.29, 0.717) is 24.5 Å². The van der Waals surface area contributed by atoms with Gasteiger partial charge in [-0.3, -0.25) is 14.2 Å². The molecule has 0 aliphatic carbocycles. The van der Waals surface area contributed by atoms with Crippen LogP contribution in [0.1, 0.15) is 35.6 Å². The number of nitrogens with zero attached hydrogens (tertiary/aromatic N) is 4. The third-order valence-electron chi connectivity index (χ3n) is 3.19. The number of nitrogen functional groups attached to an aromatic ring is 1. The average molecular weight is 276 g/mol. The van der Waals surface area contributed by atoms with Crippen LogP contribution in [0.4, 0.5) is 5.69 Å². The summed E-state index contributed by atoms with van der Waals surface area (Å²) in [5, 5.41) is 11.3. The van der Waals surface area contributed by atoms with E-state index in [4.69, 9.17) is 5.73 Å². The Morgan fingerprint density at radius 3 is 2.75 bits per heavy atom. The predicted octanol–water partition coefficient (Wildman–Crippen LogP) is 0.940. The zero-order valence-electron chi connectivity index (χ0n) is 12.1. The first kappa shape index (κ1) is 14.1. The molecule has 2 rings (SSSR count). The Bertz CT molecular complexity index is 612. The summed E-state index contributed by atoms with van der Waals surface area (Å²) in [5.41, 5.74) is 8.51. The van der Waals surface area contributed by atoms with Gasteiger partial charge in [0.25, 0.3) is 5.91 Å². The highest BCUT2D eigenvalue weighted by Crippen LogP contribution is 2.11. The highest BCUT2D eigenvalue weighted by atomic mass is 16.2. The number of hydrogen-bond acceptors (Lipinski definition) is 4. The van der Waals surface area contributed by atoms with E-state index in [2.05, 4.69) is 15.5 Å². The molecule has 0 saturated carbocycles. The minimum Gasteiger partial charge on any atom is -0.396 e. The number of amides is 1. The van der Waals surface area contributed by atoms with E-state index in [0.717, 1.165) is 17.8 Å². The Morgan fingerprint density at radius 1 is 1.40 bits per heavy atom. The second-order valence-electron chi connectivity index (χ2n) is 4.54. The highest BCUT2D eigenvalue weighted by molar-refractivity contribution is 5.97. The zero-order valence-corrected chi connectivity index (χ0v) is 12.1. The standard InChI is InChI=1S/C13H20N6O/c1-4-18-8-10(9(3)17-18)6-15-13(20)12-11(14)7-16-19(12)5-2/h7-8H,4-6,14H2,1-3H3,(H,15,20). The van der Waals surface area contributed by atoms with E-state index in [-0.39, 0.29) is 5.91 Å². The van der Waals surface area contributed by atoms with E-state index in [1.54, 1.807) is 4.68 Å². The van der Waals surface area contributed by atoms with Crippen LogP contribution < -0.4 is 11.1 Å². The van der Waals surface area contributed by atoms with E-state index >= 15 is 0 Å². The lowest BCUT2D eigenvalue weighted by molar-refractivity contribution is 0.0941. The summed E-state index contributed by atoms with van der Waals surface area (Å²) >= 11 is 0. The minimum atomic E-state index is -0.217. The molecule has 2 aromatic heterocycles. The molecular weight excluding hydrogens is 256 g/mol. The van der Waals surface area contributed by atoms with Crippen LogP contribution in [0.5, 0.6) is 0 Å². The van der Waals surface area contributed by atoms with Crippen LogP contribution in [0.3, 0.4) is 0 Å². The van der Waals surface area contributed by atoms with Crippen molar-refractivity contribution in [3.63, 3.8) is 0 Å². The van der Waals surface area contributed by atoms with Crippen LogP contribution in [-0.4, -0.2) is 25.5 Å². The maximum Gasteiger partial charge on any atom is 0.271 e. The quantitative estimate of drug-likeness (QED) is 0.850. The number of nitrogens with one attached hydrogen (secondary N) is 1. The smallest absolute Gasteiger partial charge is 0.271 e. The molecule has 0 aliphatic rings. The Morgan fingerprint density at radius 2 is 2.15 bits per heavy atom. The van der Waals surface area contributed by atoms with Crippen LogP contribution in [-0.2, 0) is 19.6 Å². The van der Waals surface area contributed by atoms with Crippen LogP contribution in [0.25, 0.3) is 0 Å². The van der Waals surface area contributed by atoms with Gasteiger partial charge >= 0.3 is 0 Å². The van der Waals surface area contributed by atoms with Crippen LogP contribution in [0, 0.1) is 6.92 Å². The summed E-state index contributed by atoms with van der Waals surface area (Å²) < 4.78 is 3.44. The molecule has 7 nitrogen and oxygen atoms in total. The maximum absolute atomic E-state index is 12.2. The SMILES string of the molecule is CCn1cc(CNC(=O)c2c(N)cnn2CC)c(C)n1. The molecule has 0 aromatic carbocycles. The van der Waals surface area contributed by atoms with Crippen molar-refractivity contribution in [3.8, 4) is 0 Å². The first-order valence-corrected chi connectivity index (χ1v) is 6.69. The molecule has 0 aliphatic heterocycles. The summed E-state index contributed by atoms with van der Waals surface area (Å²) in [6, 6.07) is 0. The third kappa shape index (κ3) is 2.66. The Balaban J connectivity index is 2.08. The van der Waals surface area contributed by atoms with E-state index in [9.17, 15) is 4.79 Å². The Hall–Kier alpha value is -2.31. The number of hydrogen-bond donors (Lipinski definition) is 2. The number of anilines is 1. The van der Waals surface area contributed by atoms with Gasteiger partial charge in [0.1, 0.15) is 5.69 Å². The summed E-state index contributed by atoms with van der Waals surface area (Å²) in [6.07, 6.45) is 3.44. The van der Waals surface area contributed by atoms with Crippen LogP contribution >= 0.6 is 0 Å².